The molecule has 40 heavy (non-hydrogen) atoms. The summed E-state index contributed by atoms with van der Waals surface area (Å²) in [6.45, 7) is 6.92. The zero-order valence-electron chi connectivity index (χ0n) is 24.5. The van der Waals surface area contributed by atoms with Gasteiger partial charge in [0.1, 0.15) is 24.4 Å². The third-order valence-electron chi connectivity index (χ3n) is 8.88. The summed E-state index contributed by atoms with van der Waals surface area (Å²) in [6.07, 6.45) is -1.000. The van der Waals surface area contributed by atoms with Gasteiger partial charge in [0.15, 0.2) is 6.29 Å². The van der Waals surface area contributed by atoms with Gasteiger partial charge in [-0.05, 0) is 28.3 Å². The Labute approximate surface area is 238 Å². The van der Waals surface area contributed by atoms with E-state index < -0.39 is 50.6 Å². The molecule has 2 heterocycles. The van der Waals surface area contributed by atoms with E-state index in [2.05, 4.69) is 69.3 Å². The number of aliphatic hydroxyl groups excluding tert-OH is 1. The van der Waals surface area contributed by atoms with Crippen molar-refractivity contribution in [2.24, 2.45) is 0 Å². The standard InChI is InChI=1S/C31H44O8Si/c1-29(2,3)40(22-15-9-7-10-16-22,23-17-11-8-12-18-23)36-21-24-26-27(25(32)28(33-4)37-24)39-31(35-6)20-14-13-19-30(31,34-5)38-26/h7-12,15-18,24-28,32H,13-14,19-21H2,1-6H3/t24-,25-,26-,27-,28+,30+,31+/m1/s1. The number of hydrogen-bond acceptors (Lipinski definition) is 8. The normalized spacial score (nSPS) is 34.6. The second-order valence-corrected chi connectivity index (χ2v) is 16.3. The molecule has 9 heteroatoms. The van der Waals surface area contributed by atoms with Crippen LogP contribution in [0.4, 0.5) is 0 Å². The molecular weight excluding hydrogens is 528 g/mol. The minimum Gasteiger partial charge on any atom is -0.405 e. The topological polar surface area (TPSA) is 84.8 Å². The monoisotopic (exact) mass is 572 g/mol. The Morgan fingerprint density at radius 2 is 1.32 bits per heavy atom. The number of methoxy groups -OCH3 is 3. The Bertz CT molecular complexity index is 1070. The highest BCUT2D eigenvalue weighted by Crippen LogP contribution is 2.51. The van der Waals surface area contributed by atoms with Crippen molar-refractivity contribution in [1.29, 1.82) is 0 Å². The van der Waals surface area contributed by atoms with Gasteiger partial charge < -0.3 is 38.0 Å². The summed E-state index contributed by atoms with van der Waals surface area (Å²) in [4.78, 5) is 0. The van der Waals surface area contributed by atoms with E-state index in [4.69, 9.17) is 32.8 Å². The molecule has 2 aromatic rings. The molecule has 2 saturated heterocycles. The Morgan fingerprint density at radius 1 is 0.825 bits per heavy atom. The number of aliphatic hydroxyl groups is 1. The van der Waals surface area contributed by atoms with Crippen LogP contribution in [0.1, 0.15) is 46.5 Å². The fourth-order valence-electron chi connectivity index (χ4n) is 6.91. The highest BCUT2D eigenvalue weighted by Gasteiger charge is 2.67. The molecule has 2 aromatic carbocycles. The summed E-state index contributed by atoms with van der Waals surface area (Å²) in [7, 11) is 1.88. The SMILES string of the molecule is CO[C@H]1O[C@H](CO[Si](c2ccccc2)(c2ccccc2)C(C)(C)C)[C@H]2O[C@@]3(OC)CCCC[C@]3(OC)O[C@@H]2[C@H]1O. The van der Waals surface area contributed by atoms with E-state index in [-0.39, 0.29) is 11.6 Å². The van der Waals surface area contributed by atoms with Crippen molar-refractivity contribution < 1.29 is 38.0 Å². The lowest BCUT2D eigenvalue weighted by atomic mass is 9.83. The van der Waals surface area contributed by atoms with Crippen LogP contribution >= 0.6 is 0 Å². The molecule has 0 bridgehead atoms. The molecule has 220 valence electrons. The Morgan fingerprint density at radius 3 is 1.77 bits per heavy atom. The average molecular weight is 573 g/mol. The molecule has 2 aliphatic heterocycles. The van der Waals surface area contributed by atoms with Gasteiger partial charge in [-0.25, -0.2) is 0 Å². The average Bonchev–Trinajstić information content (AvgIpc) is 2.98. The summed E-state index contributed by atoms with van der Waals surface area (Å²) in [5.41, 5.74) is 0. The van der Waals surface area contributed by atoms with Crippen molar-refractivity contribution in [3.05, 3.63) is 60.7 Å². The molecule has 0 spiro atoms. The lowest BCUT2D eigenvalue weighted by Gasteiger charge is -2.60. The van der Waals surface area contributed by atoms with Gasteiger partial charge in [-0.15, -0.1) is 0 Å². The van der Waals surface area contributed by atoms with E-state index in [0.29, 0.717) is 12.8 Å². The highest BCUT2D eigenvalue weighted by atomic mass is 28.4. The summed E-state index contributed by atoms with van der Waals surface area (Å²) in [5, 5.41) is 13.4. The summed E-state index contributed by atoms with van der Waals surface area (Å²) >= 11 is 0. The fourth-order valence-corrected chi connectivity index (χ4v) is 11.5. The maximum atomic E-state index is 11.3. The Kier molecular flexibility index (Phi) is 8.61. The van der Waals surface area contributed by atoms with Gasteiger partial charge in [0.2, 0.25) is 11.6 Å². The molecule has 7 atom stereocenters. The Hall–Kier alpha value is -1.66. The summed E-state index contributed by atoms with van der Waals surface area (Å²) in [6, 6.07) is 20.9. The summed E-state index contributed by atoms with van der Waals surface area (Å²) in [5.74, 6) is -2.26. The number of benzene rings is 2. The van der Waals surface area contributed by atoms with Gasteiger partial charge >= 0.3 is 0 Å². The Balaban J connectivity index is 1.54. The highest BCUT2D eigenvalue weighted by molar-refractivity contribution is 6.99. The number of rotatable bonds is 8. The van der Waals surface area contributed by atoms with Crippen molar-refractivity contribution in [2.75, 3.05) is 27.9 Å². The molecule has 1 saturated carbocycles. The van der Waals surface area contributed by atoms with E-state index in [1.807, 2.05) is 12.1 Å². The molecule has 0 unspecified atom stereocenters. The predicted molar refractivity (Wildman–Crippen MR) is 153 cm³/mol. The quantitative estimate of drug-likeness (QED) is 0.483. The van der Waals surface area contributed by atoms with Crippen molar-refractivity contribution >= 4 is 18.7 Å². The molecule has 3 fully saturated rings. The second-order valence-electron chi connectivity index (χ2n) is 12.0. The molecule has 0 radical (unpaired) electrons. The maximum absolute atomic E-state index is 11.3. The van der Waals surface area contributed by atoms with Gasteiger partial charge in [-0.3, -0.25) is 0 Å². The van der Waals surface area contributed by atoms with Crippen LogP contribution in [0.25, 0.3) is 0 Å². The number of ether oxygens (including phenoxy) is 6. The minimum atomic E-state index is -2.86. The molecule has 3 aliphatic rings. The first kappa shape index (κ1) is 29.8. The van der Waals surface area contributed by atoms with E-state index in [0.717, 1.165) is 12.8 Å². The van der Waals surface area contributed by atoms with Crippen LogP contribution in [0.3, 0.4) is 0 Å². The smallest absolute Gasteiger partial charge is 0.261 e. The maximum Gasteiger partial charge on any atom is 0.261 e. The first-order valence-corrected chi connectivity index (χ1v) is 16.1. The summed E-state index contributed by atoms with van der Waals surface area (Å²) < 4.78 is 44.6. The van der Waals surface area contributed by atoms with Gasteiger partial charge in [-0.2, -0.15) is 0 Å². The van der Waals surface area contributed by atoms with E-state index in [1.54, 1.807) is 14.2 Å². The zero-order chi connectivity index (χ0) is 28.6. The zero-order valence-corrected chi connectivity index (χ0v) is 25.5. The van der Waals surface area contributed by atoms with E-state index >= 15 is 0 Å². The van der Waals surface area contributed by atoms with Crippen LogP contribution in [0, 0.1) is 0 Å². The van der Waals surface area contributed by atoms with Crippen LogP contribution in [0.15, 0.2) is 60.7 Å². The van der Waals surface area contributed by atoms with Crippen molar-refractivity contribution in [3.8, 4) is 0 Å². The molecule has 1 aliphatic carbocycles. The third kappa shape index (κ3) is 4.79. The molecule has 1 N–H and O–H groups in total. The first-order valence-electron chi connectivity index (χ1n) is 14.2. The minimum absolute atomic E-state index is 0.212. The molecule has 8 nitrogen and oxygen atoms in total. The van der Waals surface area contributed by atoms with Crippen LogP contribution in [-0.2, 0) is 32.8 Å². The first-order chi connectivity index (χ1) is 19.2. The van der Waals surface area contributed by atoms with Crippen molar-refractivity contribution in [2.45, 2.75) is 93.8 Å². The van der Waals surface area contributed by atoms with Crippen LogP contribution < -0.4 is 10.4 Å². The molecular formula is C31H44O8Si. The molecule has 5 rings (SSSR count). The van der Waals surface area contributed by atoms with Gasteiger partial charge in [-0.1, -0.05) is 81.4 Å². The van der Waals surface area contributed by atoms with Gasteiger partial charge in [0, 0.05) is 34.2 Å². The van der Waals surface area contributed by atoms with Crippen molar-refractivity contribution in [3.63, 3.8) is 0 Å². The lowest BCUT2D eigenvalue weighted by Crippen LogP contribution is -2.75. The second kappa shape index (κ2) is 11.5. The number of fused-ring (bicyclic) bond motifs is 2. The largest absolute Gasteiger partial charge is 0.405 e. The molecule has 0 aromatic heterocycles. The van der Waals surface area contributed by atoms with Crippen LogP contribution in [-0.4, -0.2) is 83.6 Å². The lowest BCUT2D eigenvalue weighted by molar-refractivity contribution is -0.496. The predicted octanol–water partition coefficient (Wildman–Crippen LogP) is 3.34. The van der Waals surface area contributed by atoms with E-state index in [9.17, 15) is 5.11 Å². The molecule has 0 amide bonds. The van der Waals surface area contributed by atoms with Crippen molar-refractivity contribution in [1.82, 2.24) is 0 Å². The van der Waals surface area contributed by atoms with Crippen LogP contribution in [0.2, 0.25) is 5.04 Å². The van der Waals surface area contributed by atoms with E-state index in [1.165, 1.54) is 17.5 Å². The van der Waals surface area contributed by atoms with Crippen LogP contribution in [0.5, 0.6) is 0 Å². The number of hydrogen-bond donors (Lipinski definition) is 1. The van der Waals surface area contributed by atoms with Gasteiger partial charge in [0.25, 0.3) is 8.32 Å². The fraction of sp³-hybridized carbons (Fsp3) is 0.613. The van der Waals surface area contributed by atoms with Gasteiger partial charge in [0.05, 0.1) is 6.61 Å². The third-order valence-corrected chi connectivity index (χ3v) is 13.9.